The average Bonchev–Trinajstić information content (AvgIpc) is 2.56. The first-order chi connectivity index (χ1) is 11.2. The molecule has 0 aromatic heterocycles. The van der Waals surface area contributed by atoms with Crippen LogP contribution >= 0.6 is 0 Å². The van der Waals surface area contributed by atoms with E-state index in [1.807, 2.05) is 13.0 Å². The summed E-state index contributed by atoms with van der Waals surface area (Å²) in [5.74, 6) is -0.183. The molecule has 3 heteroatoms. The number of ether oxygens (including phenoxy) is 1. The number of hydrogen-bond acceptors (Lipinski definition) is 3. The van der Waals surface area contributed by atoms with Crippen LogP contribution in [0.25, 0.3) is 0 Å². The van der Waals surface area contributed by atoms with Gasteiger partial charge in [0.2, 0.25) is 0 Å². The summed E-state index contributed by atoms with van der Waals surface area (Å²) in [7, 11) is 0. The van der Waals surface area contributed by atoms with Crippen molar-refractivity contribution in [3.8, 4) is 0 Å². The zero-order chi connectivity index (χ0) is 17.2. The summed E-state index contributed by atoms with van der Waals surface area (Å²) in [5, 5.41) is 9.30. The number of carbonyl (C=O) groups excluding carboxylic acids is 1. The average molecular weight is 325 g/mol. The van der Waals surface area contributed by atoms with Crippen LogP contribution in [-0.4, -0.2) is 23.8 Å². The number of esters is 1. The van der Waals surface area contributed by atoms with E-state index in [2.05, 4.69) is 18.7 Å². The number of allylic oxidation sites excluding steroid dienone is 3. The molecular weight excluding hydrogens is 288 g/mol. The molecule has 0 bridgehead atoms. The lowest BCUT2D eigenvalue weighted by Crippen LogP contribution is -2.17. The van der Waals surface area contributed by atoms with Gasteiger partial charge in [0.1, 0.15) is 6.61 Å². The van der Waals surface area contributed by atoms with Crippen molar-refractivity contribution in [3.63, 3.8) is 0 Å². The largest absolute Gasteiger partial charge is 0.463 e. The highest BCUT2D eigenvalue weighted by Gasteiger charge is 2.06. The van der Waals surface area contributed by atoms with Crippen LogP contribution in [0.2, 0.25) is 0 Å². The van der Waals surface area contributed by atoms with Crippen molar-refractivity contribution in [1.82, 2.24) is 0 Å². The molecule has 0 aliphatic rings. The van der Waals surface area contributed by atoms with Gasteiger partial charge < -0.3 is 9.84 Å². The van der Waals surface area contributed by atoms with Gasteiger partial charge in [0.05, 0.1) is 6.10 Å². The zero-order valence-electron chi connectivity index (χ0n) is 15.0. The van der Waals surface area contributed by atoms with E-state index in [0.717, 1.165) is 19.3 Å². The minimum Gasteiger partial charge on any atom is -0.463 e. The van der Waals surface area contributed by atoms with Crippen LogP contribution in [-0.2, 0) is 9.53 Å². The molecule has 0 heterocycles. The van der Waals surface area contributed by atoms with Gasteiger partial charge in [-0.3, -0.25) is 4.79 Å². The fraction of sp³-hybridized carbons (Fsp3) is 0.750. The van der Waals surface area contributed by atoms with Gasteiger partial charge in [0.15, 0.2) is 0 Å². The highest BCUT2D eigenvalue weighted by atomic mass is 16.5. The van der Waals surface area contributed by atoms with Gasteiger partial charge in [-0.2, -0.15) is 0 Å². The molecule has 3 nitrogen and oxygen atoms in total. The molecule has 0 saturated heterocycles. The Morgan fingerprint density at radius 3 is 2.22 bits per heavy atom. The smallest absolute Gasteiger partial charge is 0.305 e. The molecule has 1 unspecified atom stereocenters. The molecule has 0 amide bonds. The Balaban J connectivity index is 3.25. The summed E-state index contributed by atoms with van der Waals surface area (Å²) in [6, 6.07) is 0. The van der Waals surface area contributed by atoms with E-state index in [9.17, 15) is 9.90 Å². The fourth-order valence-electron chi connectivity index (χ4n) is 2.23. The fourth-order valence-corrected chi connectivity index (χ4v) is 2.23. The van der Waals surface area contributed by atoms with E-state index in [4.69, 9.17) is 4.74 Å². The maximum atomic E-state index is 11.4. The predicted molar refractivity (Wildman–Crippen MR) is 97.4 cm³/mol. The van der Waals surface area contributed by atoms with Crippen molar-refractivity contribution in [2.24, 2.45) is 0 Å². The third kappa shape index (κ3) is 17.1. The van der Waals surface area contributed by atoms with Gasteiger partial charge in [0.25, 0.3) is 0 Å². The predicted octanol–water partition coefficient (Wildman–Crippen LogP) is 5.33. The van der Waals surface area contributed by atoms with Crippen LogP contribution in [0.4, 0.5) is 0 Å². The highest BCUT2D eigenvalue weighted by molar-refractivity contribution is 5.69. The summed E-state index contributed by atoms with van der Waals surface area (Å²) < 4.78 is 5.00. The lowest BCUT2D eigenvalue weighted by Gasteiger charge is -2.08. The van der Waals surface area contributed by atoms with E-state index in [1.54, 1.807) is 0 Å². The molecule has 0 fully saturated rings. The molecule has 0 spiro atoms. The molecule has 1 N–H and O–H groups in total. The van der Waals surface area contributed by atoms with E-state index in [1.165, 1.54) is 44.9 Å². The third-order valence-electron chi connectivity index (χ3n) is 3.86. The van der Waals surface area contributed by atoms with Crippen LogP contribution in [0.15, 0.2) is 24.8 Å². The van der Waals surface area contributed by atoms with Crippen molar-refractivity contribution in [3.05, 3.63) is 24.8 Å². The van der Waals surface area contributed by atoms with Crippen molar-refractivity contribution in [1.29, 1.82) is 0 Å². The number of carbonyl (C=O) groups is 1. The summed E-state index contributed by atoms with van der Waals surface area (Å²) in [4.78, 5) is 11.4. The van der Waals surface area contributed by atoms with Crippen molar-refractivity contribution < 1.29 is 14.6 Å². The quantitative estimate of drug-likeness (QED) is 0.237. The maximum absolute atomic E-state index is 11.4. The summed E-state index contributed by atoms with van der Waals surface area (Å²) in [5.41, 5.74) is 0. The van der Waals surface area contributed by atoms with Gasteiger partial charge in [-0.05, 0) is 51.4 Å². The molecule has 134 valence electrons. The van der Waals surface area contributed by atoms with E-state index < -0.39 is 6.10 Å². The zero-order valence-corrected chi connectivity index (χ0v) is 15.0. The first-order valence-corrected chi connectivity index (χ1v) is 9.30. The molecule has 0 aromatic carbocycles. The Hall–Kier alpha value is -1.09. The molecular formula is C20H36O3. The number of rotatable bonds is 16. The molecule has 0 radical (unpaired) electrons. The molecule has 0 aliphatic heterocycles. The van der Waals surface area contributed by atoms with Gasteiger partial charge >= 0.3 is 5.97 Å². The molecule has 23 heavy (non-hydrogen) atoms. The first-order valence-electron chi connectivity index (χ1n) is 9.30. The van der Waals surface area contributed by atoms with Crippen LogP contribution in [0.5, 0.6) is 0 Å². The highest BCUT2D eigenvalue weighted by Crippen LogP contribution is 2.09. The number of aliphatic hydroxyl groups excluding tert-OH is 1. The summed E-state index contributed by atoms with van der Waals surface area (Å²) in [6.45, 7) is 5.73. The molecule has 0 aliphatic carbocycles. The number of aliphatic hydroxyl groups is 1. The Morgan fingerprint density at radius 1 is 1.00 bits per heavy atom. The second-order valence-corrected chi connectivity index (χ2v) is 6.10. The second-order valence-electron chi connectivity index (χ2n) is 6.10. The van der Waals surface area contributed by atoms with Crippen LogP contribution in [0.1, 0.15) is 84.0 Å². The maximum Gasteiger partial charge on any atom is 0.305 e. The topological polar surface area (TPSA) is 46.5 Å². The lowest BCUT2D eigenvalue weighted by molar-refractivity contribution is -0.146. The third-order valence-corrected chi connectivity index (χ3v) is 3.86. The Kier molecular flexibility index (Phi) is 16.4. The molecule has 1 atom stereocenters. The second kappa shape index (κ2) is 17.3. The normalized spacial score (nSPS) is 12.4. The van der Waals surface area contributed by atoms with Crippen LogP contribution in [0, 0.1) is 0 Å². The minimum absolute atomic E-state index is 0.134. The minimum atomic E-state index is -0.519. The molecule has 0 saturated carbocycles. The summed E-state index contributed by atoms with van der Waals surface area (Å²) in [6.07, 6.45) is 18.7. The standard InChI is InChI=1S/C20H36O3/c1-3-5-6-7-8-9-10-11-12-13-14-15-16-17-20(22)23-18-19(21)4-2/h3,9-10,19,21H,1,4-8,11-18H2,2H3/b10-9-. The number of hydrogen-bond donors (Lipinski definition) is 1. The van der Waals surface area contributed by atoms with Crippen molar-refractivity contribution >= 4 is 5.97 Å². The van der Waals surface area contributed by atoms with Gasteiger partial charge in [0, 0.05) is 6.42 Å². The molecule has 0 aromatic rings. The van der Waals surface area contributed by atoms with Crippen LogP contribution < -0.4 is 0 Å². The van der Waals surface area contributed by atoms with Crippen molar-refractivity contribution in [2.75, 3.05) is 6.61 Å². The summed E-state index contributed by atoms with van der Waals surface area (Å²) >= 11 is 0. The van der Waals surface area contributed by atoms with Crippen LogP contribution in [0.3, 0.4) is 0 Å². The van der Waals surface area contributed by atoms with E-state index in [-0.39, 0.29) is 12.6 Å². The lowest BCUT2D eigenvalue weighted by atomic mass is 10.1. The molecule has 0 rings (SSSR count). The Labute approximate surface area is 142 Å². The Bertz CT molecular complexity index is 310. The van der Waals surface area contributed by atoms with Gasteiger partial charge in [-0.1, -0.05) is 44.4 Å². The van der Waals surface area contributed by atoms with E-state index >= 15 is 0 Å². The van der Waals surface area contributed by atoms with E-state index in [0.29, 0.717) is 12.8 Å². The SMILES string of the molecule is C=CCCCC/C=C\CCCCCCCC(=O)OCC(O)CC. The van der Waals surface area contributed by atoms with Gasteiger partial charge in [-0.25, -0.2) is 0 Å². The van der Waals surface area contributed by atoms with Crippen molar-refractivity contribution in [2.45, 2.75) is 90.1 Å². The van der Waals surface area contributed by atoms with Gasteiger partial charge in [-0.15, -0.1) is 6.58 Å². The number of unbranched alkanes of at least 4 members (excludes halogenated alkanes) is 8. The first kappa shape index (κ1) is 21.9. The monoisotopic (exact) mass is 324 g/mol. The Morgan fingerprint density at radius 2 is 1.57 bits per heavy atom.